The summed E-state index contributed by atoms with van der Waals surface area (Å²) in [7, 11) is 0. The van der Waals surface area contributed by atoms with Gasteiger partial charge in [-0.1, -0.05) is 36.4 Å². The van der Waals surface area contributed by atoms with Crippen molar-refractivity contribution in [3.63, 3.8) is 0 Å². The van der Waals surface area contributed by atoms with E-state index < -0.39 is 0 Å². The molecule has 0 atom stereocenters. The van der Waals surface area contributed by atoms with Crippen molar-refractivity contribution < 1.29 is 4.74 Å². The van der Waals surface area contributed by atoms with Gasteiger partial charge in [-0.2, -0.15) is 5.26 Å². The Balaban J connectivity index is 1.64. The lowest BCUT2D eigenvalue weighted by Crippen LogP contribution is -1.99. The summed E-state index contributed by atoms with van der Waals surface area (Å²) in [6.07, 6.45) is 3.52. The molecule has 2 heterocycles. The number of aromatic amines is 1. The standard InChI is InChI=1S/C22H16N4O/c23-14-17(22-25-19-9-2-3-10-20(19)26-22)13-16-7-1-4-11-21(16)27-15-18-8-5-6-12-24-18/h1-13H,15H2,(H,25,26)/b17-13+. The molecule has 0 unspecified atom stereocenters. The van der Waals surface area contributed by atoms with Crippen LogP contribution < -0.4 is 4.74 Å². The monoisotopic (exact) mass is 352 g/mol. The van der Waals surface area contributed by atoms with Crippen LogP contribution in [0, 0.1) is 11.3 Å². The molecule has 4 rings (SSSR count). The highest BCUT2D eigenvalue weighted by molar-refractivity contribution is 5.91. The number of para-hydroxylation sites is 3. The summed E-state index contributed by atoms with van der Waals surface area (Å²) in [6, 6.07) is 23.2. The molecule has 2 aromatic carbocycles. The molecule has 0 bridgehead atoms. The third-order valence-corrected chi connectivity index (χ3v) is 4.09. The van der Waals surface area contributed by atoms with Crippen LogP contribution in [-0.2, 0) is 6.61 Å². The van der Waals surface area contributed by atoms with Crippen molar-refractivity contribution in [1.29, 1.82) is 5.26 Å². The average Bonchev–Trinajstić information content (AvgIpc) is 3.16. The van der Waals surface area contributed by atoms with Crippen LogP contribution in [0.15, 0.2) is 72.9 Å². The molecule has 5 nitrogen and oxygen atoms in total. The highest BCUT2D eigenvalue weighted by Gasteiger charge is 2.09. The number of hydrogen-bond acceptors (Lipinski definition) is 4. The van der Waals surface area contributed by atoms with Crippen LogP contribution in [0.5, 0.6) is 5.75 Å². The van der Waals surface area contributed by atoms with Gasteiger partial charge in [0.15, 0.2) is 0 Å². The minimum Gasteiger partial charge on any atom is -0.487 e. The molecule has 0 aliphatic heterocycles. The normalized spacial score (nSPS) is 11.3. The summed E-state index contributed by atoms with van der Waals surface area (Å²) < 4.78 is 5.92. The van der Waals surface area contributed by atoms with Gasteiger partial charge in [0.05, 0.1) is 22.3 Å². The highest BCUT2D eigenvalue weighted by atomic mass is 16.5. The lowest BCUT2D eigenvalue weighted by atomic mass is 10.1. The number of rotatable bonds is 5. The predicted octanol–water partition coefficient (Wildman–Crippen LogP) is 4.60. The van der Waals surface area contributed by atoms with Crippen LogP contribution in [0.1, 0.15) is 17.1 Å². The van der Waals surface area contributed by atoms with E-state index >= 15 is 0 Å². The first-order valence-corrected chi connectivity index (χ1v) is 8.52. The zero-order valence-electron chi connectivity index (χ0n) is 14.5. The maximum absolute atomic E-state index is 9.64. The van der Waals surface area contributed by atoms with Gasteiger partial charge in [0.25, 0.3) is 0 Å². The van der Waals surface area contributed by atoms with Gasteiger partial charge in [-0.05, 0) is 36.4 Å². The molecule has 0 aliphatic rings. The van der Waals surface area contributed by atoms with Gasteiger partial charge in [0.2, 0.25) is 0 Å². The van der Waals surface area contributed by atoms with Crippen LogP contribution in [0.4, 0.5) is 0 Å². The lowest BCUT2D eigenvalue weighted by Gasteiger charge is -2.09. The van der Waals surface area contributed by atoms with Crippen LogP contribution >= 0.6 is 0 Å². The molecule has 0 saturated carbocycles. The third kappa shape index (κ3) is 3.70. The van der Waals surface area contributed by atoms with E-state index in [2.05, 4.69) is 21.0 Å². The first kappa shape index (κ1) is 16.6. The Morgan fingerprint density at radius 2 is 1.85 bits per heavy atom. The topological polar surface area (TPSA) is 74.6 Å². The summed E-state index contributed by atoms with van der Waals surface area (Å²) in [4.78, 5) is 12.0. The van der Waals surface area contributed by atoms with E-state index in [4.69, 9.17) is 4.74 Å². The van der Waals surface area contributed by atoms with Gasteiger partial charge in [0.1, 0.15) is 24.3 Å². The Hall–Kier alpha value is -3.91. The predicted molar refractivity (Wildman–Crippen MR) is 105 cm³/mol. The molecule has 0 saturated heterocycles. The summed E-state index contributed by atoms with van der Waals surface area (Å²) >= 11 is 0. The molecule has 0 aliphatic carbocycles. The van der Waals surface area contributed by atoms with Gasteiger partial charge in [-0.15, -0.1) is 0 Å². The number of imidazole rings is 1. The second kappa shape index (κ2) is 7.54. The molecule has 0 fully saturated rings. The van der Waals surface area contributed by atoms with Crippen molar-refractivity contribution in [3.8, 4) is 11.8 Å². The number of allylic oxidation sites excluding steroid dienone is 1. The molecular weight excluding hydrogens is 336 g/mol. The fourth-order valence-corrected chi connectivity index (χ4v) is 2.76. The second-order valence-electron chi connectivity index (χ2n) is 5.92. The number of aromatic nitrogens is 3. The molecule has 27 heavy (non-hydrogen) atoms. The summed E-state index contributed by atoms with van der Waals surface area (Å²) in [6.45, 7) is 0.359. The van der Waals surface area contributed by atoms with Gasteiger partial charge >= 0.3 is 0 Å². The Labute approximate surface area is 156 Å². The second-order valence-corrected chi connectivity index (χ2v) is 5.92. The Morgan fingerprint density at radius 3 is 2.67 bits per heavy atom. The Morgan fingerprint density at radius 1 is 1.04 bits per heavy atom. The van der Waals surface area contributed by atoms with Crippen molar-refractivity contribution in [2.45, 2.75) is 6.61 Å². The molecule has 4 aromatic rings. The van der Waals surface area contributed by atoms with Crippen molar-refractivity contribution in [3.05, 3.63) is 90.0 Å². The highest BCUT2D eigenvalue weighted by Crippen LogP contribution is 2.25. The number of ether oxygens (including phenoxy) is 1. The van der Waals surface area contributed by atoms with Gasteiger partial charge in [-0.25, -0.2) is 4.98 Å². The van der Waals surface area contributed by atoms with E-state index in [0.29, 0.717) is 23.8 Å². The molecule has 0 amide bonds. The van der Waals surface area contributed by atoms with Crippen molar-refractivity contribution in [2.24, 2.45) is 0 Å². The van der Waals surface area contributed by atoms with Crippen LogP contribution in [-0.4, -0.2) is 15.0 Å². The van der Waals surface area contributed by atoms with E-state index in [0.717, 1.165) is 22.3 Å². The number of nitriles is 1. The number of fused-ring (bicyclic) bond motifs is 1. The van der Waals surface area contributed by atoms with E-state index in [9.17, 15) is 5.26 Å². The minimum atomic E-state index is 0.359. The summed E-state index contributed by atoms with van der Waals surface area (Å²) in [5, 5.41) is 9.64. The van der Waals surface area contributed by atoms with Crippen molar-refractivity contribution in [2.75, 3.05) is 0 Å². The lowest BCUT2D eigenvalue weighted by molar-refractivity contribution is 0.300. The van der Waals surface area contributed by atoms with Crippen molar-refractivity contribution >= 4 is 22.7 Å². The maximum atomic E-state index is 9.64. The maximum Gasteiger partial charge on any atom is 0.149 e. The van der Waals surface area contributed by atoms with Crippen LogP contribution in [0.25, 0.3) is 22.7 Å². The van der Waals surface area contributed by atoms with E-state index in [-0.39, 0.29) is 0 Å². The zero-order valence-corrected chi connectivity index (χ0v) is 14.5. The number of benzene rings is 2. The largest absolute Gasteiger partial charge is 0.487 e. The van der Waals surface area contributed by atoms with Crippen LogP contribution in [0.2, 0.25) is 0 Å². The van der Waals surface area contributed by atoms with Crippen LogP contribution in [0.3, 0.4) is 0 Å². The van der Waals surface area contributed by atoms with E-state index in [1.54, 1.807) is 12.3 Å². The average molecular weight is 352 g/mol. The molecule has 0 radical (unpaired) electrons. The first-order chi connectivity index (χ1) is 13.3. The number of hydrogen-bond donors (Lipinski definition) is 1. The Kier molecular flexibility index (Phi) is 4.62. The van der Waals surface area contributed by atoms with Crippen molar-refractivity contribution in [1.82, 2.24) is 15.0 Å². The number of pyridine rings is 1. The Bertz CT molecular complexity index is 1110. The molecular formula is C22H16N4O. The summed E-state index contributed by atoms with van der Waals surface area (Å²) in [5.41, 5.74) is 3.82. The number of nitrogens with one attached hydrogen (secondary N) is 1. The molecule has 130 valence electrons. The van der Waals surface area contributed by atoms with Gasteiger partial charge in [0, 0.05) is 11.8 Å². The summed E-state index contributed by atoms with van der Waals surface area (Å²) in [5.74, 6) is 1.23. The fraction of sp³-hybridized carbons (Fsp3) is 0.0455. The quantitative estimate of drug-likeness (QED) is 0.533. The van der Waals surface area contributed by atoms with E-state index in [1.807, 2.05) is 66.7 Å². The van der Waals surface area contributed by atoms with Gasteiger partial charge in [-0.3, -0.25) is 4.98 Å². The van der Waals surface area contributed by atoms with Gasteiger partial charge < -0.3 is 9.72 Å². The fourth-order valence-electron chi connectivity index (χ4n) is 2.76. The molecule has 1 N–H and O–H groups in total. The minimum absolute atomic E-state index is 0.359. The SMILES string of the molecule is N#C/C(=C\c1ccccc1OCc1ccccn1)c1nc2ccccc2[nH]1. The molecule has 2 aromatic heterocycles. The first-order valence-electron chi connectivity index (χ1n) is 8.52. The zero-order chi connectivity index (χ0) is 18.5. The number of nitrogens with zero attached hydrogens (tertiary/aromatic N) is 3. The molecule has 5 heteroatoms. The third-order valence-electron chi connectivity index (χ3n) is 4.09. The molecule has 0 spiro atoms. The van der Waals surface area contributed by atoms with E-state index in [1.165, 1.54) is 0 Å². The smallest absolute Gasteiger partial charge is 0.149 e. The number of H-pyrrole nitrogens is 1.